The van der Waals surface area contributed by atoms with Crippen molar-refractivity contribution in [1.29, 1.82) is 0 Å². The Morgan fingerprint density at radius 1 is 1.42 bits per heavy atom. The van der Waals surface area contributed by atoms with Gasteiger partial charge in [-0.15, -0.1) is 0 Å². The highest BCUT2D eigenvalue weighted by Gasteiger charge is 2.17. The topological polar surface area (TPSA) is 29.5 Å². The number of rotatable bonds is 2. The van der Waals surface area contributed by atoms with Crippen LogP contribution in [0.3, 0.4) is 0 Å². The highest BCUT2D eigenvalue weighted by atomic mass is 17.1. The minimum atomic E-state index is 0.199. The van der Waals surface area contributed by atoms with E-state index < -0.39 is 0 Å². The Labute approximate surface area is 73.5 Å². The third-order valence-corrected chi connectivity index (χ3v) is 2.30. The maximum Gasteiger partial charge on any atom is 0.145 e. The van der Waals surface area contributed by atoms with Gasteiger partial charge in [0.2, 0.25) is 0 Å². The standard InChI is InChI=1S/C10H16O2/c1-7(2)9-5-4-8(3)10(6-9)12-11/h4-9,11H,1-3H3. The van der Waals surface area contributed by atoms with Crippen LogP contribution in [0.2, 0.25) is 0 Å². The fraction of sp³-hybridized carbons (Fsp3) is 0.600. The second-order valence-electron chi connectivity index (χ2n) is 3.66. The van der Waals surface area contributed by atoms with Gasteiger partial charge in [-0.1, -0.05) is 32.9 Å². The second-order valence-corrected chi connectivity index (χ2v) is 3.66. The van der Waals surface area contributed by atoms with Crippen molar-refractivity contribution >= 4 is 0 Å². The van der Waals surface area contributed by atoms with E-state index in [9.17, 15) is 0 Å². The van der Waals surface area contributed by atoms with Gasteiger partial charge in [0.15, 0.2) is 0 Å². The van der Waals surface area contributed by atoms with E-state index in [2.05, 4.69) is 30.9 Å². The first-order chi connectivity index (χ1) is 5.65. The van der Waals surface area contributed by atoms with Crippen LogP contribution in [-0.2, 0) is 4.89 Å². The Hall–Kier alpha value is -0.760. The molecule has 2 nitrogen and oxygen atoms in total. The molecule has 1 aliphatic carbocycles. The van der Waals surface area contributed by atoms with Gasteiger partial charge in [-0.25, -0.2) is 5.26 Å². The largest absolute Gasteiger partial charge is 0.344 e. The molecule has 68 valence electrons. The Balaban J connectivity index is 2.72. The molecule has 0 heterocycles. The van der Waals surface area contributed by atoms with E-state index in [1.165, 1.54) is 0 Å². The summed E-state index contributed by atoms with van der Waals surface area (Å²) < 4.78 is 0. The molecule has 0 amide bonds. The molecule has 0 saturated carbocycles. The van der Waals surface area contributed by atoms with Crippen molar-refractivity contribution in [2.75, 3.05) is 0 Å². The maximum absolute atomic E-state index is 8.56. The summed E-state index contributed by atoms with van der Waals surface area (Å²) in [5, 5.41) is 8.56. The van der Waals surface area contributed by atoms with Crippen molar-refractivity contribution in [3.63, 3.8) is 0 Å². The van der Waals surface area contributed by atoms with Crippen molar-refractivity contribution in [3.05, 3.63) is 24.0 Å². The third-order valence-electron chi connectivity index (χ3n) is 2.30. The molecule has 1 rings (SSSR count). The second kappa shape index (κ2) is 3.76. The molecule has 1 N–H and O–H groups in total. The molecule has 0 radical (unpaired) electrons. The zero-order valence-corrected chi connectivity index (χ0v) is 7.82. The zero-order chi connectivity index (χ0) is 9.14. The van der Waals surface area contributed by atoms with Crippen LogP contribution in [0.15, 0.2) is 24.0 Å². The molecule has 2 unspecified atom stereocenters. The highest BCUT2D eigenvalue weighted by Crippen LogP contribution is 2.26. The summed E-state index contributed by atoms with van der Waals surface area (Å²) in [5.41, 5.74) is 0. The van der Waals surface area contributed by atoms with Crippen molar-refractivity contribution in [3.8, 4) is 0 Å². The molecular weight excluding hydrogens is 152 g/mol. The molecule has 0 aromatic rings. The van der Waals surface area contributed by atoms with Crippen molar-refractivity contribution in [1.82, 2.24) is 0 Å². The zero-order valence-electron chi connectivity index (χ0n) is 7.82. The van der Waals surface area contributed by atoms with Crippen LogP contribution < -0.4 is 0 Å². The lowest BCUT2D eigenvalue weighted by Gasteiger charge is -2.20. The molecule has 0 aliphatic heterocycles. The average Bonchev–Trinajstić information content (AvgIpc) is 2.05. The van der Waals surface area contributed by atoms with Crippen LogP contribution >= 0.6 is 0 Å². The van der Waals surface area contributed by atoms with Crippen LogP contribution in [0.25, 0.3) is 0 Å². The van der Waals surface area contributed by atoms with Crippen LogP contribution in [0.5, 0.6) is 0 Å². The lowest BCUT2D eigenvalue weighted by molar-refractivity contribution is -0.209. The Kier molecular flexibility index (Phi) is 2.93. The normalized spacial score (nSPS) is 28.9. The summed E-state index contributed by atoms with van der Waals surface area (Å²) in [5.74, 6) is 1.81. The molecule has 0 fully saturated rings. The van der Waals surface area contributed by atoms with Crippen molar-refractivity contribution in [2.24, 2.45) is 17.8 Å². The van der Waals surface area contributed by atoms with Gasteiger partial charge < -0.3 is 4.89 Å². The maximum atomic E-state index is 8.56. The summed E-state index contributed by atoms with van der Waals surface area (Å²) in [6.45, 7) is 6.29. The monoisotopic (exact) mass is 168 g/mol. The van der Waals surface area contributed by atoms with Gasteiger partial charge in [0.25, 0.3) is 0 Å². The fourth-order valence-electron chi connectivity index (χ4n) is 1.32. The first-order valence-electron chi connectivity index (χ1n) is 4.36. The van der Waals surface area contributed by atoms with E-state index in [4.69, 9.17) is 5.26 Å². The van der Waals surface area contributed by atoms with Gasteiger partial charge >= 0.3 is 0 Å². The lowest BCUT2D eigenvalue weighted by atomic mass is 9.88. The van der Waals surface area contributed by atoms with E-state index >= 15 is 0 Å². The van der Waals surface area contributed by atoms with E-state index in [-0.39, 0.29) is 5.92 Å². The number of allylic oxidation sites excluding steroid dienone is 3. The van der Waals surface area contributed by atoms with Gasteiger partial charge in [0, 0.05) is 11.8 Å². The number of hydrogen-bond donors (Lipinski definition) is 1. The molecule has 0 bridgehead atoms. The third kappa shape index (κ3) is 1.89. The van der Waals surface area contributed by atoms with Crippen LogP contribution in [0, 0.1) is 17.8 Å². The summed E-state index contributed by atoms with van der Waals surface area (Å²) in [7, 11) is 0. The molecule has 2 atom stereocenters. The molecule has 0 spiro atoms. The molecule has 12 heavy (non-hydrogen) atoms. The molecule has 0 aromatic carbocycles. The number of hydrogen-bond acceptors (Lipinski definition) is 2. The predicted molar refractivity (Wildman–Crippen MR) is 48.4 cm³/mol. The van der Waals surface area contributed by atoms with Crippen LogP contribution in [0.4, 0.5) is 0 Å². The van der Waals surface area contributed by atoms with Gasteiger partial charge in [-0.3, -0.25) is 0 Å². The molecule has 0 saturated heterocycles. The Morgan fingerprint density at radius 3 is 2.58 bits per heavy atom. The predicted octanol–water partition coefficient (Wildman–Crippen LogP) is 2.84. The van der Waals surface area contributed by atoms with Gasteiger partial charge in [-0.05, 0) is 12.0 Å². The van der Waals surface area contributed by atoms with Crippen LogP contribution in [-0.4, -0.2) is 5.26 Å². The van der Waals surface area contributed by atoms with E-state index in [1.807, 2.05) is 13.0 Å². The Bertz CT molecular complexity index is 204. The summed E-state index contributed by atoms with van der Waals surface area (Å²) in [6.07, 6.45) is 6.21. The van der Waals surface area contributed by atoms with Crippen molar-refractivity contribution < 1.29 is 10.1 Å². The van der Waals surface area contributed by atoms with Crippen LogP contribution in [0.1, 0.15) is 20.8 Å². The quantitative estimate of drug-likeness (QED) is 0.390. The molecule has 1 aliphatic rings. The van der Waals surface area contributed by atoms with E-state index in [0.717, 1.165) is 0 Å². The SMILES string of the molecule is CC1C=CC(C(C)C)C=C1OO. The summed E-state index contributed by atoms with van der Waals surface area (Å²) in [6, 6.07) is 0. The minimum Gasteiger partial charge on any atom is -0.344 e. The summed E-state index contributed by atoms with van der Waals surface area (Å²) >= 11 is 0. The summed E-state index contributed by atoms with van der Waals surface area (Å²) in [4.78, 5) is 4.29. The minimum absolute atomic E-state index is 0.199. The van der Waals surface area contributed by atoms with Gasteiger partial charge in [-0.2, -0.15) is 0 Å². The first kappa shape index (κ1) is 9.33. The van der Waals surface area contributed by atoms with E-state index in [0.29, 0.717) is 17.6 Å². The molecule has 2 heteroatoms. The first-order valence-corrected chi connectivity index (χ1v) is 4.36. The smallest absolute Gasteiger partial charge is 0.145 e. The highest BCUT2D eigenvalue weighted by molar-refractivity contribution is 5.17. The fourth-order valence-corrected chi connectivity index (χ4v) is 1.32. The molecular formula is C10H16O2. The lowest BCUT2D eigenvalue weighted by Crippen LogP contribution is -2.11. The van der Waals surface area contributed by atoms with Gasteiger partial charge in [0.1, 0.15) is 5.76 Å². The average molecular weight is 168 g/mol. The van der Waals surface area contributed by atoms with Crippen molar-refractivity contribution in [2.45, 2.75) is 20.8 Å². The Morgan fingerprint density at radius 2 is 2.08 bits per heavy atom. The van der Waals surface area contributed by atoms with E-state index in [1.54, 1.807) is 0 Å². The molecule has 0 aromatic heterocycles. The van der Waals surface area contributed by atoms with Gasteiger partial charge in [0.05, 0.1) is 0 Å².